The van der Waals surface area contributed by atoms with Gasteiger partial charge in [-0.05, 0) is 24.7 Å². The zero-order valence-electron chi connectivity index (χ0n) is 8.90. The molecule has 0 aliphatic rings. The van der Waals surface area contributed by atoms with Gasteiger partial charge >= 0.3 is 0 Å². The first-order chi connectivity index (χ1) is 7.79. The lowest BCUT2D eigenvalue weighted by atomic mass is 10.2. The molecule has 0 atom stereocenters. The van der Waals surface area contributed by atoms with Crippen LogP contribution in [0.25, 0.3) is 11.5 Å². The highest BCUT2D eigenvalue weighted by atomic mass is 35.5. The van der Waals surface area contributed by atoms with Crippen LogP contribution in [-0.4, -0.2) is 16.7 Å². The highest BCUT2D eigenvalue weighted by molar-refractivity contribution is 6.30. The summed E-state index contributed by atoms with van der Waals surface area (Å²) >= 11 is 5.88. The molecule has 0 saturated heterocycles. The second-order valence-corrected chi connectivity index (χ2v) is 3.73. The number of halogens is 1. The maximum absolute atomic E-state index is 5.88. The number of benzene rings is 1. The third-order valence-electron chi connectivity index (χ3n) is 2.06. The zero-order valence-corrected chi connectivity index (χ0v) is 9.66. The Morgan fingerprint density at radius 1 is 1.38 bits per heavy atom. The summed E-state index contributed by atoms with van der Waals surface area (Å²) in [5.74, 6) is 1.08. The Hall–Kier alpha value is -1.39. The molecule has 2 aromatic rings. The summed E-state index contributed by atoms with van der Waals surface area (Å²) in [5, 5.41) is 11.7. The van der Waals surface area contributed by atoms with Crippen LogP contribution in [0.2, 0.25) is 5.02 Å². The van der Waals surface area contributed by atoms with Crippen LogP contribution < -0.4 is 5.32 Å². The van der Waals surface area contributed by atoms with Gasteiger partial charge in [0.1, 0.15) is 0 Å². The van der Waals surface area contributed by atoms with Gasteiger partial charge < -0.3 is 9.73 Å². The smallest absolute Gasteiger partial charge is 0.247 e. The van der Waals surface area contributed by atoms with E-state index in [0.29, 0.717) is 23.3 Å². The van der Waals surface area contributed by atoms with Crippen LogP contribution in [-0.2, 0) is 6.54 Å². The summed E-state index contributed by atoms with van der Waals surface area (Å²) in [6.07, 6.45) is 0. The predicted octanol–water partition coefficient (Wildman–Crippen LogP) is 2.50. The molecule has 0 amide bonds. The SMILES string of the molecule is CCNCc1nnc(-c2cccc(Cl)c2)o1. The highest BCUT2D eigenvalue weighted by Crippen LogP contribution is 2.21. The summed E-state index contributed by atoms with van der Waals surface area (Å²) in [5.41, 5.74) is 0.836. The molecular weight excluding hydrogens is 226 g/mol. The lowest BCUT2D eigenvalue weighted by Gasteiger charge is -1.95. The molecule has 0 radical (unpaired) electrons. The maximum Gasteiger partial charge on any atom is 0.247 e. The van der Waals surface area contributed by atoms with Crippen molar-refractivity contribution in [1.82, 2.24) is 15.5 Å². The Balaban J connectivity index is 2.18. The third kappa shape index (κ3) is 2.59. The minimum Gasteiger partial charge on any atom is -0.419 e. The van der Waals surface area contributed by atoms with E-state index in [9.17, 15) is 0 Å². The van der Waals surface area contributed by atoms with Crippen molar-refractivity contribution < 1.29 is 4.42 Å². The topological polar surface area (TPSA) is 51.0 Å². The quantitative estimate of drug-likeness (QED) is 0.888. The zero-order chi connectivity index (χ0) is 11.4. The average Bonchev–Trinajstić information content (AvgIpc) is 2.75. The summed E-state index contributed by atoms with van der Waals surface area (Å²) in [6.45, 7) is 3.48. The fourth-order valence-corrected chi connectivity index (χ4v) is 1.49. The van der Waals surface area contributed by atoms with Crippen molar-refractivity contribution in [1.29, 1.82) is 0 Å². The minimum atomic E-state index is 0.496. The minimum absolute atomic E-state index is 0.496. The molecule has 0 fully saturated rings. The van der Waals surface area contributed by atoms with Crippen molar-refractivity contribution in [2.75, 3.05) is 6.54 Å². The van der Waals surface area contributed by atoms with Gasteiger partial charge in [0.2, 0.25) is 11.8 Å². The van der Waals surface area contributed by atoms with Gasteiger partial charge in [0.05, 0.1) is 6.54 Å². The van der Waals surface area contributed by atoms with Gasteiger partial charge in [0, 0.05) is 10.6 Å². The van der Waals surface area contributed by atoms with Crippen LogP contribution >= 0.6 is 11.6 Å². The van der Waals surface area contributed by atoms with E-state index in [-0.39, 0.29) is 0 Å². The van der Waals surface area contributed by atoms with Gasteiger partial charge in [-0.3, -0.25) is 0 Å². The maximum atomic E-state index is 5.88. The summed E-state index contributed by atoms with van der Waals surface area (Å²) < 4.78 is 5.48. The normalized spacial score (nSPS) is 10.6. The molecule has 0 aliphatic heterocycles. The second kappa shape index (κ2) is 5.09. The second-order valence-electron chi connectivity index (χ2n) is 3.29. The van der Waals surface area contributed by atoms with Crippen LogP contribution in [0, 0.1) is 0 Å². The standard InChI is InChI=1S/C11H12ClN3O/c1-2-13-7-10-14-15-11(16-10)8-4-3-5-9(12)6-8/h3-6,13H,2,7H2,1H3. The number of hydrogen-bond acceptors (Lipinski definition) is 4. The molecule has 5 heteroatoms. The number of nitrogens with zero attached hydrogens (tertiary/aromatic N) is 2. The molecule has 0 aliphatic carbocycles. The molecule has 16 heavy (non-hydrogen) atoms. The predicted molar refractivity (Wildman–Crippen MR) is 62.1 cm³/mol. The Bertz CT molecular complexity index is 470. The molecule has 4 nitrogen and oxygen atoms in total. The lowest BCUT2D eigenvalue weighted by Crippen LogP contribution is -2.11. The summed E-state index contributed by atoms with van der Waals surface area (Å²) in [4.78, 5) is 0. The molecule has 0 spiro atoms. The van der Waals surface area contributed by atoms with E-state index < -0.39 is 0 Å². The van der Waals surface area contributed by atoms with Crippen molar-refractivity contribution in [3.8, 4) is 11.5 Å². The van der Waals surface area contributed by atoms with Crippen LogP contribution in [0.4, 0.5) is 0 Å². The highest BCUT2D eigenvalue weighted by Gasteiger charge is 2.07. The van der Waals surface area contributed by atoms with E-state index in [4.69, 9.17) is 16.0 Å². The van der Waals surface area contributed by atoms with E-state index in [1.165, 1.54) is 0 Å². The van der Waals surface area contributed by atoms with Crippen LogP contribution in [0.5, 0.6) is 0 Å². The van der Waals surface area contributed by atoms with Crippen LogP contribution in [0.15, 0.2) is 28.7 Å². The number of hydrogen-bond donors (Lipinski definition) is 1. The van der Waals surface area contributed by atoms with Gasteiger partial charge in [-0.2, -0.15) is 0 Å². The van der Waals surface area contributed by atoms with E-state index in [1.54, 1.807) is 12.1 Å². The van der Waals surface area contributed by atoms with E-state index in [0.717, 1.165) is 12.1 Å². The van der Waals surface area contributed by atoms with Crippen molar-refractivity contribution >= 4 is 11.6 Å². The van der Waals surface area contributed by atoms with Gasteiger partial charge in [-0.15, -0.1) is 10.2 Å². The summed E-state index contributed by atoms with van der Waals surface area (Å²) in [6, 6.07) is 7.34. The molecular formula is C11H12ClN3O. The monoisotopic (exact) mass is 237 g/mol. The number of aromatic nitrogens is 2. The molecule has 0 saturated carbocycles. The first-order valence-corrected chi connectivity index (χ1v) is 5.46. The average molecular weight is 238 g/mol. The lowest BCUT2D eigenvalue weighted by molar-refractivity contribution is 0.482. The molecule has 1 aromatic carbocycles. The fourth-order valence-electron chi connectivity index (χ4n) is 1.30. The van der Waals surface area contributed by atoms with Crippen LogP contribution in [0.1, 0.15) is 12.8 Å². The molecule has 1 aromatic heterocycles. The van der Waals surface area contributed by atoms with E-state index in [2.05, 4.69) is 15.5 Å². The van der Waals surface area contributed by atoms with Gasteiger partial charge in [0.25, 0.3) is 0 Å². The Morgan fingerprint density at radius 2 is 2.25 bits per heavy atom. The van der Waals surface area contributed by atoms with E-state index in [1.807, 2.05) is 19.1 Å². The summed E-state index contributed by atoms with van der Waals surface area (Å²) in [7, 11) is 0. The molecule has 0 bridgehead atoms. The molecule has 0 unspecified atom stereocenters. The van der Waals surface area contributed by atoms with Crippen molar-refractivity contribution in [2.45, 2.75) is 13.5 Å². The Kier molecular flexibility index (Phi) is 3.54. The first-order valence-electron chi connectivity index (χ1n) is 5.08. The van der Waals surface area contributed by atoms with Crippen molar-refractivity contribution in [3.05, 3.63) is 35.2 Å². The number of nitrogens with one attached hydrogen (secondary N) is 1. The molecule has 2 rings (SSSR count). The molecule has 1 N–H and O–H groups in total. The van der Waals surface area contributed by atoms with Crippen LogP contribution in [0.3, 0.4) is 0 Å². The number of rotatable bonds is 4. The third-order valence-corrected chi connectivity index (χ3v) is 2.30. The van der Waals surface area contributed by atoms with Crippen molar-refractivity contribution in [2.24, 2.45) is 0 Å². The first kappa shape index (κ1) is 11.1. The van der Waals surface area contributed by atoms with Gasteiger partial charge in [-0.1, -0.05) is 24.6 Å². The van der Waals surface area contributed by atoms with Crippen molar-refractivity contribution in [3.63, 3.8) is 0 Å². The Labute approximate surface area is 98.6 Å². The molecule has 1 heterocycles. The van der Waals surface area contributed by atoms with Gasteiger partial charge in [-0.25, -0.2) is 0 Å². The fraction of sp³-hybridized carbons (Fsp3) is 0.273. The van der Waals surface area contributed by atoms with E-state index >= 15 is 0 Å². The Morgan fingerprint density at radius 3 is 3.00 bits per heavy atom. The van der Waals surface area contributed by atoms with Gasteiger partial charge in [0.15, 0.2) is 0 Å². The largest absolute Gasteiger partial charge is 0.419 e. The molecule has 84 valence electrons.